The van der Waals surface area contributed by atoms with E-state index in [1.54, 1.807) is 19.2 Å². The monoisotopic (exact) mass is 470 g/mol. The molecule has 178 valence electrons. The van der Waals surface area contributed by atoms with Crippen LogP contribution in [0.25, 0.3) is 5.52 Å². The summed E-state index contributed by atoms with van der Waals surface area (Å²) >= 11 is 0. The van der Waals surface area contributed by atoms with E-state index in [9.17, 15) is 14.4 Å². The molecule has 0 unspecified atom stereocenters. The van der Waals surface area contributed by atoms with E-state index in [1.807, 2.05) is 13.0 Å². The average molecular weight is 470 g/mol. The van der Waals surface area contributed by atoms with Crippen molar-refractivity contribution in [1.29, 1.82) is 5.26 Å². The molecule has 3 aromatic rings. The summed E-state index contributed by atoms with van der Waals surface area (Å²) in [6, 6.07) is 5.35. The van der Waals surface area contributed by atoms with Gasteiger partial charge >= 0.3 is 6.09 Å². The van der Waals surface area contributed by atoms with E-state index in [-0.39, 0.29) is 17.8 Å². The highest BCUT2D eigenvalue weighted by molar-refractivity contribution is 5.73. The summed E-state index contributed by atoms with van der Waals surface area (Å²) in [5, 5.41) is 26.4. The van der Waals surface area contributed by atoms with Gasteiger partial charge in [-0.1, -0.05) is 0 Å². The number of carbonyl (C=O) groups excluding carboxylic acids is 1. The SMILES string of the molecule is COCc1cc2c(Nc3cc([C@@H]4OC[C@H](OC(=O)NC5(C)CC5)[C@@H]4F)[nH]n3)nc(C#N)cn2n1. The topological polar surface area (TPSA) is 151 Å². The minimum Gasteiger partial charge on any atom is -0.441 e. The van der Waals surface area contributed by atoms with Gasteiger partial charge in [0.05, 0.1) is 30.8 Å². The maximum atomic E-state index is 15.0. The van der Waals surface area contributed by atoms with E-state index in [0.717, 1.165) is 12.8 Å². The molecule has 3 aromatic heterocycles. The van der Waals surface area contributed by atoms with E-state index in [4.69, 9.17) is 14.2 Å². The number of alkyl halides is 1. The van der Waals surface area contributed by atoms with Crippen molar-refractivity contribution in [2.75, 3.05) is 19.0 Å². The van der Waals surface area contributed by atoms with Crippen LogP contribution in [-0.2, 0) is 20.8 Å². The van der Waals surface area contributed by atoms with Crippen molar-refractivity contribution in [3.63, 3.8) is 0 Å². The second kappa shape index (κ2) is 8.54. The van der Waals surface area contributed by atoms with Crippen LogP contribution in [-0.4, -0.2) is 62.4 Å². The normalized spacial score (nSPS) is 22.9. The largest absolute Gasteiger partial charge is 0.441 e. The Bertz CT molecular complexity index is 1260. The molecule has 1 amide bonds. The number of amides is 1. The smallest absolute Gasteiger partial charge is 0.408 e. The van der Waals surface area contributed by atoms with Gasteiger partial charge in [-0.05, 0) is 25.8 Å². The fourth-order valence-corrected chi connectivity index (χ4v) is 3.74. The number of halogens is 1. The number of methoxy groups -OCH3 is 1. The minimum atomic E-state index is -1.57. The first-order valence-electron chi connectivity index (χ1n) is 10.7. The van der Waals surface area contributed by atoms with E-state index in [1.165, 1.54) is 10.7 Å². The molecule has 12 nitrogen and oxygen atoms in total. The summed E-state index contributed by atoms with van der Waals surface area (Å²) in [5.41, 5.74) is 1.54. The Morgan fingerprint density at radius 2 is 2.29 bits per heavy atom. The van der Waals surface area contributed by atoms with Crippen molar-refractivity contribution in [2.24, 2.45) is 0 Å². The van der Waals surface area contributed by atoms with Gasteiger partial charge < -0.3 is 24.8 Å². The standard InChI is InChI=1S/C21H23FN8O4/c1-21(3-4-21)26-20(31)34-15-10-33-18(17(15)22)13-6-16(28-27-13)25-19-14-5-11(9-32-2)29-30(14)8-12(7-23)24-19/h5-6,8,15,17-18H,3-4,9-10H2,1-2H3,(H,26,31)(H2,24,25,27,28)/t15-,17-,18-/m0/s1. The molecular formula is C21H23FN8O4. The van der Waals surface area contributed by atoms with E-state index in [0.29, 0.717) is 35.1 Å². The first-order valence-corrected chi connectivity index (χ1v) is 10.7. The fourth-order valence-electron chi connectivity index (χ4n) is 3.74. The van der Waals surface area contributed by atoms with Gasteiger partial charge in [0.15, 0.2) is 29.6 Å². The summed E-state index contributed by atoms with van der Waals surface area (Å²) in [6.45, 7) is 2.14. The summed E-state index contributed by atoms with van der Waals surface area (Å²) in [7, 11) is 1.56. The van der Waals surface area contributed by atoms with Gasteiger partial charge in [0.1, 0.15) is 17.7 Å². The Morgan fingerprint density at radius 1 is 1.47 bits per heavy atom. The molecule has 1 saturated carbocycles. The zero-order valence-electron chi connectivity index (χ0n) is 18.5. The molecule has 5 rings (SSSR count). The highest BCUT2D eigenvalue weighted by atomic mass is 19.1. The van der Waals surface area contributed by atoms with Gasteiger partial charge in [-0.2, -0.15) is 15.5 Å². The summed E-state index contributed by atoms with van der Waals surface area (Å²) < 4.78 is 32.4. The highest BCUT2D eigenvalue weighted by Crippen LogP contribution is 2.36. The van der Waals surface area contributed by atoms with Gasteiger partial charge in [-0.15, -0.1) is 0 Å². The number of nitrogens with zero attached hydrogens (tertiary/aromatic N) is 5. The average Bonchev–Trinajstić information content (AvgIpc) is 3.14. The highest BCUT2D eigenvalue weighted by Gasteiger charge is 2.44. The molecule has 0 bridgehead atoms. The first-order chi connectivity index (χ1) is 16.4. The number of ether oxygens (including phenoxy) is 3. The third-order valence-corrected chi connectivity index (χ3v) is 5.81. The third kappa shape index (κ3) is 4.37. The molecule has 13 heteroatoms. The molecular weight excluding hydrogens is 447 g/mol. The Labute approximate surface area is 193 Å². The predicted molar refractivity (Wildman–Crippen MR) is 115 cm³/mol. The molecule has 1 aliphatic carbocycles. The van der Waals surface area contributed by atoms with Gasteiger partial charge in [-0.25, -0.2) is 18.7 Å². The number of fused-ring (bicyclic) bond motifs is 1. The molecule has 1 saturated heterocycles. The quantitative estimate of drug-likeness (QED) is 0.472. The van der Waals surface area contributed by atoms with Crippen LogP contribution in [0.3, 0.4) is 0 Å². The second-order valence-electron chi connectivity index (χ2n) is 8.65. The number of nitriles is 1. The lowest BCUT2D eigenvalue weighted by molar-refractivity contribution is 0.0604. The molecule has 3 atom stereocenters. The second-order valence-corrected chi connectivity index (χ2v) is 8.65. The molecule has 2 aliphatic rings. The summed E-state index contributed by atoms with van der Waals surface area (Å²) in [6.07, 6.45) is -0.948. The van der Waals surface area contributed by atoms with Crippen molar-refractivity contribution < 1.29 is 23.4 Å². The van der Waals surface area contributed by atoms with E-state index >= 15 is 0 Å². The first kappa shape index (κ1) is 22.1. The van der Waals surface area contributed by atoms with E-state index in [2.05, 4.69) is 30.9 Å². The summed E-state index contributed by atoms with van der Waals surface area (Å²) in [4.78, 5) is 16.3. The maximum Gasteiger partial charge on any atom is 0.408 e. The number of H-pyrrole nitrogens is 1. The Kier molecular flexibility index (Phi) is 5.54. The molecule has 1 aliphatic heterocycles. The van der Waals surface area contributed by atoms with Crippen LogP contribution in [0.1, 0.15) is 43.0 Å². The lowest BCUT2D eigenvalue weighted by Crippen LogP contribution is -2.39. The van der Waals surface area contributed by atoms with E-state index < -0.39 is 24.5 Å². The van der Waals surface area contributed by atoms with Crippen LogP contribution in [0.2, 0.25) is 0 Å². The van der Waals surface area contributed by atoms with Crippen LogP contribution >= 0.6 is 0 Å². The van der Waals surface area contributed by atoms with Crippen molar-refractivity contribution in [2.45, 2.75) is 50.3 Å². The van der Waals surface area contributed by atoms with Crippen molar-refractivity contribution in [3.8, 4) is 6.07 Å². The number of aromatic amines is 1. The predicted octanol–water partition coefficient (Wildman–Crippen LogP) is 2.27. The Balaban J connectivity index is 1.29. The molecule has 0 spiro atoms. The molecule has 2 fully saturated rings. The van der Waals surface area contributed by atoms with Crippen LogP contribution < -0.4 is 10.6 Å². The molecule has 3 N–H and O–H groups in total. The van der Waals surface area contributed by atoms with Gasteiger partial charge in [0.25, 0.3) is 0 Å². The molecule has 0 aromatic carbocycles. The van der Waals surface area contributed by atoms with Crippen molar-refractivity contribution >= 4 is 23.2 Å². The fraction of sp³-hybridized carbons (Fsp3) is 0.476. The lowest BCUT2D eigenvalue weighted by atomic mass is 10.1. The minimum absolute atomic E-state index is 0.0672. The van der Waals surface area contributed by atoms with Gasteiger partial charge in [0, 0.05) is 18.7 Å². The Hall–Kier alpha value is -3.76. The van der Waals surface area contributed by atoms with Crippen LogP contribution in [0.4, 0.5) is 20.8 Å². The van der Waals surface area contributed by atoms with Crippen molar-refractivity contribution in [3.05, 3.63) is 35.4 Å². The number of nitrogens with one attached hydrogen (secondary N) is 3. The zero-order chi connectivity index (χ0) is 23.9. The summed E-state index contributed by atoms with van der Waals surface area (Å²) in [5.74, 6) is 0.691. The number of hydrogen-bond donors (Lipinski definition) is 3. The number of carbonyl (C=O) groups is 1. The van der Waals surface area contributed by atoms with Crippen LogP contribution in [0.5, 0.6) is 0 Å². The molecule has 0 radical (unpaired) electrons. The number of alkyl carbamates (subject to hydrolysis) is 1. The van der Waals surface area contributed by atoms with Crippen LogP contribution in [0, 0.1) is 11.3 Å². The third-order valence-electron chi connectivity index (χ3n) is 5.81. The Morgan fingerprint density at radius 3 is 3.03 bits per heavy atom. The van der Waals surface area contributed by atoms with Crippen molar-refractivity contribution in [1.82, 2.24) is 30.1 Å². The van der Waals surface area contributed by atoms with Gasteiger partial charge in [0.2, 0.25) is 0 Å². The number of aromatic nitrogens is 5. The number of hydrogen-bond acceptors (Lipinski definition) is 9. The molecule has 4 heterocycles. The maximum absolute atomic E-state index is 15.0. The molecule has 34 heavy (non-hydrogen) atoms. The van der Waals surface area contributed by atoms with Gasteiger partial charge in [-0.3, -0.25) is 5.10 Å². The zero-order valence-corrected chi connectivity index (χ0v) is 18.5. The number of anilines is 2. The lowest BCUT2D eigenvalue weighted by Gasteiger charge is -2.17. The number of rotatable bonds is 7. The van der Waals surface area contributed by atoms with Crippen LogP contribution in [0.15, 0.2) is 18.3 Å².